The van der Waals surface area contributed by atoms with Gasteiger partial charge < -0.3 is 15.6 Å². The van der Waals surface area contributed by atoms with Crippen molar-refractivity contribution in [2.45, 2.75) is 117 Å². The second-order valence-corrected chi connectivity index (χ2v) is 12.4. The van der Waals surface area contributed by atoms with Crippen LogP contribution in [0.5, 0.6) is 0 Å². The Bertz CT molecular complexity index is 1000. The number of aliphatic carboxylic acids is 1. The molecule has 1 aromatic carbocycles. The molecule has 8 heteroatoms. The maximum atomic E-state index is 11.9. The summed E-state index contributed by atoms with van der Waals surface area (Å²) in [5.74, 6) is 0.250. The summed E-state index contributed by atoms with van der Waals surface area (Å²) >= 11 is 0. The van der Waals surface area contributed by atoms with E-state index in [0.29, 0.717) is 31.1 Å². The molecule has 0 amide bonds. The van der Waals surface area contributed by atoms with Gasteiger partial charge in [0.15, 0.2) is 0 Å². The number of carbonyl (C=O) groups excluding carboxylic acids is 4. The van der Waals surface area contributed by atoms with E-state index in [1.54, 1.807) is 20.8 Å². The minimum absolute atomic E-state index is 0.000139. The molecule has 0 saturated heterocycles. The first kappa shape index (κ1) is 35.3. The first-order chi connectivity index (χ1) is 20.0. The molecule has 0 radical (unpaired) electrons. The van der Waals surface area contributed by atoms with Crippen molar-refractivity contribution in [1.29, 1.82) is 0 Å². The number of esters is 1. The highest BCUT2D eigenvalue weighted by molar-refractivity contribution is 5.80. The summed E-state index contributed by atoms with van der Waals surface area (Å²) in [5.41, 5.74) is 6.72. The molecule has 3 fully saturated rings. The molecule has 4 rings (SSSR count). The number of nitrogens with two attached hydrogens (primary N) is 1. The fourth-order valence-corrected chi connectivity index (χ4v) is 6.26. The minimum atomic E-state index is -0.749. The number of rotatable bonds is 8. The van der Waals surface area contributed by atoms with Crippen LogP contribution in [0.15, 0.2) is 30.3 Å². The summed E-state index contributed by atoms with van der Waals surface area (Å²) in [5, 5.41) is 8.73. The lowest BCUT2D eigenvalue weighted by atomic mass is 9.78. The first-order valence-electron chi connectivity index (χ1n) is 15.7. The third-order valence-corrected chi connectivity index (χ3v) is 8.94. The fraction of sp³-hybridized carbons (Fsp3) is 0.676. The van der Waals surface area contributed by atoms with E-state index < -0.39 is 5.97 Å². The maximum Gasteiger partial charge on any atom is 0.306 e. The van der Waals surface area contributed by atoms with E-state index in [4.69, 9.17) is 15.6 Å². The van der Waals surface area contributed by atoms with Gasteiger partial charge >= 0.3 is 11.9 Å². The number of hydrogen-bond acceptors (Lipinski definition) is 7. The van der Waals surface area contributed by atoms with Crippen LogP contribution < -0.4 is 5.73 Å². The Hall–Kier alpha value is -2.87. The standard InChI is InChI=1S/C17H22O3.C9H14O3.C8H15NO/c1-13(18)16-9-5-8-15(10-16)11-17(19)20-12-14-6-3-2-4-7-14;1-6(10)7-3-2-4-8(5-7)9(11)12;1-6(10)7-3-2-4-8(9)5-7/h2-4,6-7,15-16H,5,8-12H2,1H3;7-8H,2-5H2,1H3,(H,11,12);7-8H,2-5,9H2,1H3/t15-,16+;2*7-,8+/m011/s1. The molecule has 8 nitrogen and oxygen atoms in total. The Morgan fingerprint density at radius 1 is 0.714 bits per heavy atom. The largest absolute Gasteiger partial charge is 0.481 e. The molecule has 3 N–H and O–H groups in total. The number of carbonyl (C=O) groups is 5. The maximum absolute atomic E-state index is 11.9. The van der Waals surface area contributed by atoms with Gasteiger partial charge in [-0.2, -0.15) is 0 Å². The highest BCUT2D eigenvalue weighted by atomic mass is 16.5. The Morgan fingerprint density at radius 3 is 1.74 bits per heavy atom. The Labute approximate surface area is 251 Å². The molecule has 3 aliphatic rings. The molecule has 6 atom stereocenters. The SMILES string of the molecule is CC(=O)[C@@H]1CCC[C@H](C(=O)O)C1.CC(=O)[C@@H]1CCC[C@H](CC(=O)OCc2ccccc2)C1.CC(=O)[C@@H]1CCC[C@H](N)C1. The number of Topliss-reactive ketones (excluding diaryl/α,β-unsaturated/α-hetero) is 3. The van der Waals surface area contributed by atoms with Crippen LogP contribution in [0, 0.1) is 29.6 Å². The lowest BCUT2D eigenvalue weighted by Crippen LogP contribution is -2.30. The summed E-state index contributed by atoms with van der Waals surface area (Å²) in [6.07, 6.45) is 11.6. The van der Waals surface area contributed by atoms with E-state index >= 15 is 0 Å². The lowest BCUT2D eigenvalue weighted by molar-refractivity contribution is -0.147. The van der Waals surface area contributed by atoms with E-state index in [-0.39, 0.29) is 47.2 Å². The smallest absolute Gasteiger partial charge is 0.306 e. The van der Waals surface area contributed by atoms with Crippen molar-refractivity contribution in [2.75, 3.05) is 0 Å². The normalized spacial score (nSPS) is 27.1. The molecular weight excluding hydrogens is 534 g/mol. The molecule has 0 bridgehead atoms. The number of ketones is 3. The molecule has 0 aliphatic heterocycles. The molecule has 42 heavy (non-hydrogen) atoms. The topological polar surface area (TPSA) is 141 Å². The molecule has 3 aliphatic carbocycles. The van der Waals surface area contributed by atoms with Crippen LogP contribution in [-0.2, 0) is 35.3 Å². The molecule has 3 saturated carbocycles. The van der Waals surface area contributed by atoms with E-state index in [1.165, 1.54) is 0 Å². The van der Waals surface area contributed by atoms with Crippen LogP contribution in [0.3, 0.4) is 0 Å². The van der Waals surface area contributed by atoms with Gasteiger partial charge in [0, 0.05) is 30.2 Å². The summed E-state index contributed by atoms with van der Waals surface area (Å²) in [6, 6.07) is 9.97. The average molecular weight is 586 g/mol. The van der Waals surface area contributed by atoms with E-state index in [9.17, 15) is 24.0 Å². The van der Waals surface area contributed by atoms with Crippen molar-refractivity contribution >= 4 is 29.3 Å². The fourth-order valence-electron chi connectivity index (χ4n) is 6.26. The van der Waals surface area contributed by atoms with E-state index in [0.717, 1.165) is 76.2 Å². The molecule has 1 aromatic rings. The molecular formula is C34H51NO7. The third kappa shape index (κ3) is 13.4. The summed E-state index contributed by atoms with van der Waals surface area (Å²) in [4.78, 5) is 55.8. The molecule has 234 valence electrons. The van der Waals surface area contributed by atoms with Gasteiger partial charge in [-0.25, -0.2) is 0 Å². The van der Waals surface area contributed by atoms with Crippen molar-refractivity contribution in [2.24, 2.45) is 35.3 Å². The highest BCUT2D eigenvalue weighted by Crippen LogP contribution is 2.32. The van der Waals surface area contributed by atoms with Crippen molar-refractivity contribution in [1.82, 2.24) is 0 Å². The van der Waals surface area contributed by atoms with Gasteiger partial charge in [0.05, 0.1) is 5.92 Å². The van der Waals surface area contributed by atoms with Crippen LogP contribution in [0.4, 0.5) is 0 Å². The number of ether oxygens (including phenoxy) is 1. The monoisotopic (exact) mass is 585 g/mol. The second-order valence-electron chi connectivity index (χ2n) is 12.4. The van der Waals surface area contributed by atoms with Gasteiger partial charge in [-0.3, -0.25) is 24.0 Å². The van der Waals surface area contributed by atoms with Crippen LogP contribution in [0.25, 0.3) is 0 Å². The van der Waals surface area contributed by atoms with Gasteiger partial charge in [0.25, 0.3) is 0 Å². The van der Waals surface area contributed by atoms with Gasteiger partial charge in [-0.05, 0) is 90.0 Å². The summed E-state index contributed by atoms with van der Waals surface area (Å²) in [7, 11) is 0. The third-order valence-electron chi connectivity index (χ3n) is 8.94. The van der Waals surface area contributed by atoms with E-state index in [1.807, 2.05) is 30.3 Å². The van der Waals surface area contributed by atoms with Crippen LogP contribution in [0.2, 0.25) is 0 Å². The van der Waals surface area contributed by atoms with Crippen molar-refractivity contribution in [3.05, 3.63) is 35.9 Å². The minimum Gasteiger partial charge on any atom is -0.481 e. The zero-order valence-corrected chi connectivity index (χ0v) is 25.7. The van der Waals surface area contributed by atoms with Gasteiger partial charge in [0.1, 0.15) is 24.0 Å². The lowest BCUT2D eigenvalue weighted by Gasteiger charge is -2.26. The number of hydrogen-bond donors (Lipinski definition) is 2. The second kappa shape index (κ2) is 18.6. The zero-order valence-electron chi connectivity index (χ0n) is 25.7. The Balaban J connectivity index is 0.000000239. The van der Waals surface area contributed by atoms with Gasteiger partial charge in [-0.1, -0.05) is 49.6 Å². The number of benzene rings is 1. The molecule has 0 spiro atoms. The predicted molar refractivity (Wildman–Crippen MR) is 161 cm³/mol. The van der Waals surface area contributed by atoms with Gasteiger partial charge in [0.2, 0.25) is 0 Å². The predicted octanol–water partition coefficient (Wildman–Crippen LogP) is 6.07. The number of carboxylic acid groups (broad SMARTS) is 1. The zero-order chi connectivity index (χ0) is 31.1. The average Bonchev–Trinajstić information content (AvgIpc) is 2.97. The quantitative estimate of drug-likeness (QED) is 0.350. The Kier molecular flexibility index (Phi) is 15.7. The van der Waals surface area contributed by atoms with Crippen molar-refractivity contribution in [3.8, 4) is 0 Å². The van der Waals surface area contributed by atoms with Crippen LogP contribution in [0.1, 0.15) is 110 Å². The highest BCUT2D eigenvalue weighted by Gasteiger charge is 2.29. The molecule has 0 aromatic heterocycles. The summed E-state index contributed by atoms with van der Waals surface area (Å²) in [6.45, 7) is 5.21. The molecule has 0 unspecified atom stereocenters. The first-order valence-corrected chi connectivity index (χ1v) is 15.7. The van der Waals surface area contributed by atoms with Crippen LogP contribution in [-0.4, -0.2) is 40.4 Å². The van der Waals surface area contributed by atoms with Crippen LogP contribution >= 0.6 is 0 Å². The van der Waals surface area contributed by atoms with Crippen molar-refractivity contribution < 1.29 is 33.8 Å². The Morgan fingerprint density at radius 2 is 1.21 bits per heavy atom. The van der Waals surface area contributed by atoms with E-state index in [2.05, 4.69) is 0 Å². The summed E-state index contributed by atoms with van der Waals surface area (Å²) < 4.78 is 5.30. The number of carboxylic acids is 1. The van der Waals surface area contributed by atoms with Gasteiger partial charge in [-0.15, -0.1) is 0 Å². The molecule has 0 heterocycles. The van der Waals surface area contributed by atoms with Crippen molar-refractivity contribution in [3.63, 3.8) is 0 Å².